The quantitative estimate of drug-likeness (QED) is 0.249. The third kappa shape index (κ3) is 6.46. The van der Waals surface area contributed by atoms with Crippen LogP contribution in [0, 0.1) is 6.92 Å². The van der Waals surface area contributed by atoms with Crippen LogP contribution in [0.4, 0.5) is 5.82 Å². The lowest BCUT2D eigenvalue weighted by Crippen LogP contribution is -2.19. The molecule has 2 aromatic carbocycles. The van der Waals surface area contributed by atoms with Crippen LogP contribution < -0.4 is 10.1 Å². The van der Waals surface area contributed by atoms with Gasteiger partial charge < -0.3 is 15.2 Å². The van der Waals surface area contributed by atoms with Crippen molar-refractivity contribution in [3.05, 3.63) is 88.6 Å². The highest BCUT2D eigenvalue weighted by atomic mass is 35.5. The first-order chi connectivity index (χ1) is 18.7. The average molecular weight is 546 g/mol. The summed E-state index contributed by atoms with van der Waals surface area (Å²) in [5, 5.41) is 17.9. The van der Waals surface area contributed by atoms with Crippen molar-refractivity contribution in [2.45, 2.75) is 58.1 Å². The van der Waals surface area contributed by atoms with Gasteiger partial charge in [0.15, 0.2) is 0 Å². The molecule has 202 valence electrons. The van der Waals surface area contributed by atoms with Crippen molar-refractivity contribution in [3.8, 4) is 16.9 Å². The summed E-state index contributed by atoms with van der Waals surface area (Å²) in [5.74, 6) is 1.64. The second kappa shape index (κ2) is 11.2. The SMILES string of the molecule is Cc1ccc(OCCCC(C)(C)O)cc1-c1ccnc(NC(=O)c2nc3n(n2)C(c2cccc(Cl)c2)CC3)c1. The molecule has 1 atom stereocenters. The van der Waals surface area contributed by atoms with E-state index >= 15 is 0 Å². The Morgan fingerprint density at radius 1 is 1.21 bits per heavy atom. The molecule has 0 saturated carbocycles. The number of fused-ring (bicyclic) bond motifs is 1. The monoisotopic (exact) mass is 545 g/mol. The third-order valence-corrected chi connectivity index (χ3v) is 7.03. The Kier molecular flexibility index (Phi) is 7.68. The first-order valence-corrected chi connectivity index (χ1v) is 13.5. The smallest absolute Gasteiger partial charge is 0.296 e. The minimum atomic E-state index is -0.705. The predicted octanol–water partition coefficient (Wildman–Crippen LogP) is 6.02. The van der Waals surface area contributed by atoms with Crippen molar-refractivity contribution in [1.82, 2.24) is 19.7 Å². The number of pyridine rings is 1. The molecule has 2 N–H and O–H groups in total. The Labute approximate surface area is 233 Å². The van der Waals surface area contributed by atoms with Crippen molar-refractivity contribution in [1.29, 1.82) is 0 Å². The van der Waals surface area contributed by atoms with E-state index in [1.54, 1.807) is 20.0 Å². The number of hydrogen-bond acceptors (Lipinski definition) is 6. The Bertz CT molecular complexity index is 1490. The van der Waals surface area contributed by atoms with Crippen LogP contribution in [0.25, 0.3) is 11.1 Å². The maximum atomic E-state index is 13.1. The number of carbonyl (C=O) groups is 1. The normalized spacial score (nSPS) is 14.7. The number of carbonyl (C=O) groups excluding carboxylic acids is 1. The molecule has 0 fully saturated rings. The molecule has 1 unspecified atom stereocenters. The Balaban J connectivity index is 1.28. The summed E-state index contributed by atoms with van der Waals surface area (Å²) in [6, 6.07) is 17.4. The Hall–Kier alpha value is -3.75. The number of benzene rings is 2. The second-order valence-corrected chi connectivity index (χ2v) is 11.0. The molecule has 0 bridgehead atoms. The van der Waals surface area contributed by atoms with E-state index in [1.165, 1.54) is 0 Å². The van der Waals surface area contributed by atoms with E-state index < -0.39 is 11.5 Å². The molecular formula is C30H32ClN5O3. The molecule has 9 heteroatoms. The Morgan fingerprint density at radius 3 is 2.85 bits per heavy atom. The number of rotatable bonds is 9. The highest BCUT2D eigenvalue weighted by Crippen LogP contribution is 2.32. The number of anilines is 1. The fourth-order valence-corrected chi connectivity index (χ4v) is 5.02. The van der Waals surface area contributed by atoms with Crippen molar-refractivity contribution >= 4 is 23.3 Å². The van der Waals surface area contributed by atoms with E-state index in [0.717, 1.165) is 53.1 Å². The number of amides is 1. The first-order valence-electron chi connectivity index (χ1n) is 13.1. The van der Waals surface area contributed by atoms with Gasteiger partial charge in [0, 0.05) is 17.6 Å². The number of aromatic nitrogens is 4. The van der Waals surface area contributed by atoms with Crippen molar-refractivity contribution < 1.29 is 14.6 Å². The molecule has 0 aliphatic carbocycles. The molecule has 1 aliphatic heterocycles. The summed E-state index contributed by atoms with van der Waals surface area (Å²) in [4.78, 5) is 21.9. The van der Waals surface area contributed by atoms with Crippen LogP contribution in [0.3, 0.4) is 0 Å². The number of aryl methyl sites for hydroxylation is 2. The van der Waals surface area contributed by atoms with Gasteiger partial charge in [0.05, 0.1) is 18.2 Å². The molecule has 39 heavy (non-hydrogen) atoms. The molecule has 3 heterocycles. The first kappa shape index (κ1) is 26.8. The minimum Gasteiger partial charge on any atom is -0.494 e. The molecule has 4 aromatic rings. The number of ether oxygens (including phenoxy) is 1. The molecule has 0 spiro atoms. The van der Waals surface area contributed by atoms with Crippen molar-refractivity contribution in [2.75, 3.05) is 11.9 Å². The number of hydrogen-bond donors (Lipinski definition) is 2. The Morgan fingerprint density at radius 2 is 2.05 bits per heavy atom. The van der Waals surface area contributed by atoms with E-state index in [9.17, 15) is 9.90 Å². The van der Waals surface area contributed by atoms with Crippen LogP contribution in [-0.2, 0) is 6.42 Å². The molecule has 2 aromatic heterocycles. The summed E-state index contributed by atoms with van der Waals surface area (Å²) in [6.45, 7) is 6.14. The van der Waals surface area contributed by atoms with Crippen molar-refractivity contribution in [3.63, 3.8) is 0 Å². The summed E-state index contributed by atoms with van der Waals surface area (Å²) in [7, 11) is 0. The van der Waals surface area contributed by atoms with E-state index in [-0.39, 0.29) is 11.9 Å². The number of nitrogens with zero attached hydrogens (tertiary/aromatic N) is 4. The van der Waals surface area contributed by atoms with Gasteiger partial charge in [-0.1, -0.05) is 29.8 Å². The highest BCUT2D eigenvalue weighted by molar-refractivity contribution is 6.30. The van der Waals surface area contributed by atoms with E-state index in [2.05, 4.69) is 20.4 Å². The zero-order chi connectivity index (χ0) is 27.6. The van der Waals surface area contributed by atoms with E-state index in [0.29, 0.717) is 23.9 Å². The second-order valence-electron chi connectivity index (χ2n) is 10.5. The minimum absolute atomic E-state index is 0.00167. The van der Waals surface area contributed by atoms with E-state index in [4.69, 9.17) is 16.3 Å². The summed E-state index contributed by atoms with van der Waals surface area (Å²) >= 11 is 6.18. The lowest BCUT2D eigenvalue weighted by atomic mass is 10.0. The van der Waals surface area contributed by atoms with Gasteiger partial charge in [-0.2, -0.15) is 0 Å². The zero-order valence-electron chi connectivity index (χ0n) is 22.3. The summed E-state index contributed by atoms with van der Waals surface area (Å²) in [6.07, 6.45) is 4.68. The number of halogens is 1. The van der Waals surface area contributed by atoms with Crippen LogP contribution >= 0.6 is 11.6 Å². The topological polar surface area (TPSA) is 102 Å². The van der Waals surface area contributed by atoms with Crippen LogP contribution in [0.2, 0.25) is 5.02 Å². The fraction of sp³-hybridized carbons (Fsp3) is 0.333. The zero-order valence-corrected chi connectivity index (χ0v) is 23.1. The van der Waals surface area contributed by atoms with Crippen LogP contribution in [0.15, 0.2) is 60.8 Å². The summed E-state index contributed by atoms with van der Waals surface area (Å²) < 4.78 is 7.75. The van der Waals surface area contributed by atoms with Gasteiger partial charge in [0.1, 0.15) is 17.4 Å². The molecular weight excluding hydrogens is 514 g/mol. The molecule has 8 nitrogen and oxygen atoms in total. The largest absolute Gasteiger partial charge is 0.494 e. The fourth-order valence-electron chi connectivity index (χ4n) is 4.82. The maximum Gasteiger partial charge on any atom is 0.296 e. The lowest BCUT2D eigenvalue weighted by Gasteiger charge is -2.17. The number of aliphatic hydroxyl groups is 1. The standard InChI is InChI=1S/C30H32ClN5O3/c1-19-8-9-23(39-15-5-13-30(2,3)38)18-24(19)20-12-14-32-26(17-20)33-29(37)28-34-27-11-10-25(36(27)35-28)21-6-4-7-22(31)16-21/h4,6-9,12,14,16-18,25,38H,5,10-11,13,15H2,1-3H3,(H,32,33,37). The predicted molar refractivity (Wildman–Crippen MR) is 151 cm³/mol. The lowest BCUT2D eigenvalue weighted by molar-refractivity contribution is 0.0641. The van der Waals surface area contributed by atoms with E-state index in [1.807, 2.05) is 66.2 Å². The molecule has 1 amide bonds. The molecule has 1 aliphatic rings. The molecule has 0 radical (unpaired) electrons. The average Bonchev–Trinajstić information content (AvgIpc) is 3.48. The van der Waals surface area contributed by atoms with Gasteiger partial charge in [0.2, 0.25) is 5.82 Å². The van der Waals surface area contributed by atoms with Crippen molar-refractivity contribution in [2.24, 2.45) is 0 Å². The molecule has 5 rings (SSSR count). The number of nitrogens with one attached hydrogen (secondary N) is 1. The maximum absolute atomic E-state index is 13.1. The third-order valence-electron chi connectivity index (χ3n) is 6.80. The summed E-state index contributed by atoms with van der Waals surface area (Å²) in [5.41, 5.74) is 3.30. The molecule has 0 saturated heterocycles. The van der Waals surface area contributed by atoms with Gasteiger partial charge >= 0.3 is 0 Å². The van der Waals surface area contributed by atoms with Gasteiger partial charge in [-0.3, -0.25) is 4.79 Å². The van der Waals surface area contributed by atoms with Gasteiger partial charge in [-0.25, -0.2) is 14.6 Å². The highest BCUT2D eigenvalue weighted by Gasteiger charge is 2.29. The van der Waals surface area contributed by atoms with Gasteiger partial charge in [-0.15, -0.1) is 5.10 Å². The van der Waals surface area contributed by atoms with Crippen LogP contribution in [0.5, 0.6) is 5.75 Å². The van der Waals surface area contributed by atoms with Gasteiger partial charge in [0.25, 0.3) is 5.91 Å². The van der Waals surface area contributed by atoms with Crippen LogP contribution in [0.1, 0.15) is 66.7 Å². The van der Waals surface area contributed by atoms with Gasteiger partial charge in [-0.05, 0) is 98.7 Å². The van der Waals surface area contributed by atoms with Crippen LogP contribution in [-0.4, -0.2) is 43.0 Å².